The van der Waals surface area contributed by atoms with Crippen LogP contribution < -0.4 is 11.2 Å². The summed E-state index contributed by atoms with van der Waals surface area (Å²) in [5.74, 6) is 0. The summed E-state index contributed by atoms with van der Waals surface area (Å²) in [6.45, 7) is 0.0686. The van der Waals surface area contributed by atoms with E-state index in [0.29, 0.717) is 0 Å². The van der Waals surface area contributed by atoms with Crippen molar-refractivity contribution < 1.29 is 48.4 Å². The summed E-state index contributed by atoms with van der Waals surface area (Å²) in [5.41, 5.74) is 7.68. The zero-order valence-corrected chi connectivity index (χ0v) is 18.5. The number of aromatic amines is 1. The number of phosphoric acid groups is 1. The summed E-state index contributed by atoms with van der Waals surface area (Å²) in [6, 6.07) is -0.899. The van der Waals surface area contributed by atoms with Crippen molar-refractivity contribution in [2.45, 2.75) is 62.4 Å². The lowest BCUT2D eigenvalue weighted by molar-refractivity contribution is -0.285. The predicted molar refractivity (Wildman–Crippen MR) is 108 cm³/mol. The van der Waals surface area contributed by atoms with Crippen LogP contribution >= 0.6 is 7.82 Å². The monoisotopic (exact) mass is 509 g/mol. The SMILES string of the molecule is Cc1cn([C@H]2C[C@H](N=[N+]=[N-])[C@@H](COP(=O)(O)OC[C@H]3OC(O)[C@@H](O)[C@@H](O)[C@@H]3O)O2)c(=O)[nH]c1=O. The molecule has 3 heterocycles. The van der Waals surface area contributed by atoms with Crippen molar-refractivity contribution >= 4 is 7.82 Å². The van der Waals surface area contributed by atoms with Crippen LogP contribution in [0.3, 0.4) is 0 Å². The Balaban J connectivity index is 1.62. The van der Waals surface area contributed by atoms with Crippen molar-refractivity contribution in [1.82, 2.24) is 9.55 Å². The first-order chi connectivity index (χ1) is 15.9. The van der Waals surface area contributed by atoms with Gasteiger partial charge in [0.25, 0.3) is 5.56 Å². The molecule has 2 saturated heterocycles. The standard InChI is InChI=1S/C16H24N5O12P/c1-6-3-21(16(27)18-14(6)25)10-2-7(19-20-17)8(32-10)4-30-34(28,29)31-5-9-11(22)12(23)13(24)15(26)33-9/h3,7-13,15,22-24,26H,2,4-5H2,1H3,(H,28,29)(H,18,25,27)/t7-,8+,9+,10+,11+,12-,13-,15?/m0/s1. The molecule has 2 aliphatic heterocycles. The molecular formula is C16H24N5O12P. The number of aryl methyl sites for hydroxylation is 1. The van der Waals surface area contributed by atoms with Crippen LogP contribution in [-0.4, -0.2) is 90.9 Å². The number of hydrogen-bond acceptors (Lipinski definition) is 12. The highest BCUT2D eigenvalue weighted by Crippen LogP contribution is 2.45. The van der Waals surface area contributed by atoms with Crippen molar-refractivity contribution in [3.05, 3.63) is 43.0 Å². The summed E-state index contributed by atoms with van der Waals surface area (Å²) in [7, 11) is -4.80. The minimum Gasteiger partial charge on any atom is -0.387 e. The fraction of sp³-hybridized carbons (Fsp3) is 0.750. The lowest BCUT2D eigenvalue weighted by Crippen LogP contribution is -2.58. The average molecular weight is 509 g/mol. The second kappa shape index (κ2) is 10.6. The van der Waals surface area contributed by atoms with Crippen molar-refractivity contribution in [2.24, 2.45) is 5.11 Å². The van der Waals surface area contributed by atoms with E-state index in [1.807, 2.05) is 0 Å². The molecule has 190 valence electrons. The van der Waals surface area contributed by atoms with Gasteiger partial charge in [-0.1, -0.05) is 5.11 Å². The molecule has 0 radical (unpaired) electrons. The van der Waals surface area contributed by atoms with Crippen LogP contribution in [-0.2, 0) is 23.1 Å². The van der Waals surface area contributed by atoms with Gasteiger partial charge in [0.1, 0.15) is 30.6 Å². The van der Waals surface area contributed by atoms with E-state index >= 15 is 0 Å². The normalized spacial score (nSPS) is 35.5. The summed E-state index contributed by atoms with van der Waals surface area (Å²) < 4.78 is 33.4. The highest BCUT2D eigenvalue weighted by molar-refractivity contribution is 7.47. The molecule has 0 amide bonds. The Labute approximate surface area is 190 Å². The lowest BCUT2D eigenvalue weighted by atomic mass is 10.00. The van der Waals surface area contributed by atoms with E-state index in [1.165, 1.54) is 13.1 Å². The van der Waals surface area contributed by atoms with Crippen molar-refractivity contribution in [2.75, 3.05) is 13.2 Å². The number of hydrogen-bond donors (Lipinski definition) is 6. The Kier molecular flexibility index (Phi) is 8.28. The smallest absolute Gasteiger partial charge is 0.387 e. The number of rotatable bonds is 8. The summed E-state index contributed by atoms with van der Waals surface area (Å²) >= 11 is 0. The summed E-state index contributed by atoms with van der Waals surface area (Å²) in [4.78, 5) is 38.4. The number of aliphatic hydroxyl groups is 4. The fourth-order valence-electron chi connectivity index (χ4n) is 3.46. The third kappa shape index (κ3) is 5.91. The van der Waals surface area contributed by atoms with E-state index in [-0.39, 0.29) is 12.0 Å². The Bertz CT molecular complexity index is 1090. The number of azide groups is 1. The molecule has 17 nitrogen and oxygen atoms in total. The van der Waals surface area contributed by atoms with Crippen LogP contribution in [0.2, 0.25) is 0 Å². The van der Waals surface area contributed by atoms with Gasteiger partial charge in [-0.25, -0.2) is 9.36 Å². The van der Waals surface area contributed by atoms with Gasteiger partial charge >= 0.3 is 13.5 Å². The number of ether oxygens (including phenoxy) is 2. The molecule has 0 aliphatic carbocycles. The van der Waals surface area contributed by atoms with E-state index in [1.54, 1.807) is 0 Å². The zero-order chi connectivity index (χ0) is 25.2. The fourth-order valence-corrected chi connectivity index (χ4v) is 4.21. The molecule has 0 aromatic carbocycles. The maximum absolute atomic E-state index is 12.2. The minimum absolute atomic E-state index is 0.000272. The number of aromatic nitrogens is 2. The topological polar surface area (TPSA) is 259 Å². The van der Waals surface area contributed by atoms with Crippen molar-refractivity contribution in [3.8, 4) is 0 Å². The maximum Gasteiger partial charge on any atom is 0.472 e. The lowest BCUT2D eigenvalue weighted by Gasteiger charge is -2.38. The molecule has 2 fully saturated rings. The molecule has 0 bridgehead atoms. The van der Waals surface area contributed by atoms with Crippen LogP contribution in [0.15, 0.2) is 20.9 Å². The molecule has 2 unspecified atom stereocenters. The first kappa shape index (κ1) is 26.5. The molecule has 0 spiro atoms. The van der Waals surface area contributed by atoms with Gasteiger partial charge in [-0.2, -0.15) is 0 Å². The van der Waals surface area contributed by atoms with Gasteiger partial charge in [0, 0.05) is 23.1 Å². The van der Waals surface area contributed by atoms with Gasteiger partial charge in [-0.15, -0.1) is 0 Å². The van der Waals surface area contributed by atoms with Gasteiger partial charge in [-0.05, 0) is 12.5 Å². The van der Waals surface area contributed by atoms with E-state index < -0.39 is 81.4 Å². The van der Waals surface area contributed by atoms with Crippen LogP contribution in [0.25, 0.3) is 10.4 Å². The number of H-pyrrole nitrogens is 1. The van der Waals surface area contributed by atoms with E-state index in [9.17, 15) is 39.5 Å². The van der Waals surface area contributed by atoms with E-state index in [0.717, 1.165) is 4.57 Å². The third-order valence-electron chi connectivity index (χ3n) is 5.35. The first-order valence-corrected chi connectivity index (χ1v) is 11.4. The number of aliphatic hydroxyl groups excluding tert-OH is 4. The predicted octanol–water partition coefficient (Wildman–Crippen LogP) is -2.26. The summed E-state index contributed by atoms with van der Waals surface area (Å²) in [5, 5.41) is 42.0. The van der Waals surface area contributed by atoms with Crippen molar-refractivity contribution in [3.63, 3.8) is 0 Å². The second-order valence-corrected chi connectivity index (χ2v) is 9.17. The highest BCUT2D eigenvalue weighted by atomic mass is 31.2. The Morgan fingerprint density at radius 1 is 1.18 bits per heavy atom. The van der Waals surface area contributed by atoms with E-state index in [2.05, 4.69) is 15.0 Å². The number of phosphoric ester groups is 1. The number of nitrogens with one attached hydrogen (secondary N) is 1. The molecule has 1 aromatic rings. The highest BCUT2D eigenvalue weighted by Gasteiger charge is 2.44. The Hall–Kier alpha value is -2.14. The van der Waals surface area contributed by atoms with Gasteiger partial charge in [-0.3, -0.25) is 23.4 Å². The van der Waals surface area contributed by atoms with E-state index in [4.69, 9.17) is 24.1 Å². The largest absolute Gasteiger partial charge is 0.472 e. The first-order valence-electron chi connectivity index (χ1n) is 9.95. The second-order valence-electron chi connectivity index (χ2n) is 7.71. The van der Waals surface area contributed by atoms with Crippen LogP contribution in [0.5, 0.6) is 0 Å². The Morgan fingerprint density at radius 3 is 2.47 bits per heavy atom. The van der Waals surface area contributed by atoms with Crippen LogP contribution in [0.4, 0.5) is 0 Å². The van der Waals surface area contributed by atoms with Gasteiger partial charge in [0.15, 0.2) is 6.29 Å². The van der Waals surface area contributed by atoms with Crippen LogP contribution in [0.1, 0.15) is 18.2 Å². The molecule has 6 N–H and O–H groups in total. The molecule has 1 aromatic heterocycles. The molecule has 34 heavy (non-hydrogen) atoms. The van der Waals surface area contributed by atoms with Crippen LogP contribution in [0, 0.1) is 6.92 Å². The van der Waals surface area contributed by atoms with Gasteiger partial charge in [0.05, 0.1) is 25.4 Å². The molecular weight excluding hydrogens is 485 g/mol. The quantitative estimate of drug-likeness (QED) is 0.0939. The molecule has 2 aliphatic rings. The third-order valence-corrected chi connectivity index (χ3v) is 6.30. The molecule has 3 rings (SSSR count). The minimum atomic E-state index is -4.80. The average Bonchev–Trinajstić information content (AvgIpc) is 3.18. The van der Waals surface area contributed by atoms with Gasteiger partial charge < -0.3 is 34.8 Å². The Morgan fingerprint density at radius 2 is 1.82 bits per heavy atom. The molecule has 9 atom stereocenters. The maximum atomic E-state index is 12.2. The molecule has 18 heteroatoms. The molecule has 0 saturated carbocycles. The number of nitrogens with zero attached hydrogens (tertiary/aromatic N) is 4. The van der Waals surface area contributed by atoms with Gasteiger partial charge in [0.2, 0.25) is 0 Å². The summed E-state index contributed by atoms with van der Waals surface area (Å²) in [6.07, 6.45) is -9.40. The van der Waals surface area contributed by atoms with Crippen molar-refractivity contribution in [1.29, 1.82) is 0 Å². The zero-order valence-electron chi connectivity index (χ0n) is 17.6.